The molecule has 0 saturated carbocycles. The maximum atomic E-state index is 12.9. The molecule has 0 saturated heterocycles. The number of anilines is 2. The fourth-order valence-electron chi connectivity index (χ4n) is 3.64. The topological polar surface area (TPSA) is 101 Å². The second kappa shape index (κ2) is 7.03. The molecule has 29 heavy (non-hydrogen) atoms. The van der Waals surface area contributed by atoms with E-state index in [1.807, 2.05) is 17.6 Å². The summed E-state index contributed by atoms with van der Waals surface area (Å²) in [6, 6.07) is 9.80. The number of aryl methyl sites for hydroxylation is 2. The van der Waals surface area contributed by atoms with Crippen LogP contribution < -0.4 is 9.03 Å². The van der Waals surface area contributed by atoms with Crippen molar-refractivity contribution in [3.8, 4) is 0 Å². The average molecular weight is 435 g/mol. The van der Waals surface area contributed by atoms with Gasteiger partial charge in [-0.25, -0.2) is 21.8 Å². The van der Waals surface area contributed by atoms with Crippen LogP contribution in [0.4, 0.5) is 11.4 Å². The molecule has 4 rings (SSSR count). The second-order valence-electron chi connectivity index (χ2n) is 7.07. The molecule has 1 aromatic heterocycles. The molecule has 10 heteroatoms. The van der Waals surface area contributed by atoms with Crippen LogP contribution in [0.25, 0.3) is 11.0 Å². The van der Waals surface area contributed by atoms with E-state index < -0.39 is 20.0 Å². The van der Waals surface area contributed by atoms with E-state index in [-0.39, 0.29) is 4.90 Å². The van der Waals surface area contributed by atoms with Gasteiger partial charge < -0.3 is 4.57 Å². The van der Waals surface area contributed by atoms with Crippen LogP contribution in [0.15, 0.2) is 47.6 Å². The minimum absolute atomic E-state index is 0.103. The molecule has 3 aromatic rings. The number of nitrogens with one attached hydrogen (secondary N) is 1. The summed E-state index contributed by atoms with van der Waals surface area (Å²) in [6.45, 7) is 3.19. The molecule has 0 radical (unpaired) electrons. The van der Waals surface area contributed by atoms with Gasteiger partial charge >= 0.3 is 0 Å². The van der Waals surface area contributed by atoms with Crippen LogP contribution in [-0.4, -0.2) is 39.2 Å². The minimum Gasteiger partial charge on any atom is -0.331 e. The molecule has 8 nitrogen and oxygen atoms in total. The Balaban J connectivity index is 1.66. The van der Waals surface area contributed by atoms with Crippen molar-refractivity contribution < 1.29 is 16.8 Å². The third-order valence-electron chi connectivity index (χ3n) is 5.05. The molecular weight excluding hydrogens is 412 g/mol. The van der Waals surface area contributed by atoms with Gasteiger partial charge in [-0.05, 0) is 61.7 Å². The standard InChI is InChI=1S/C19H22N4O4S2/c1-3-22-13-20-17-12-15(6-8-19(17)22)21-29(26,27)16-7-9-18-14(11-16)5-4-10-23(18)28(2,24)25/h6-9,11-13,21H,3-5,10H2,1-2H3. The Kier molecular flexibility index (Phi) is 4.78. The number of hydrogen-bond acceptors (Lipinski definition) is 5. The van der Waals surface area contributed by atoms with E-state index in [0.717, 1.165) is 18.3 Å². The van der Waals surface area contributed by atoms with Gasteiger partial charge in [0.2, 0.25) is 10.0 Å². The summed E-state index contributed by atoms with van der Waals surface area (Å²) in [5.74, 6) is 0. The molecule has 0 bridgehead atoms. The van der Waals surface area contributed by atoms with Crippen LogP contribution in [0.1, 0.15) is 18.9 Å². The first kappa shape index (κ1) is 19.7. The van der Waals surface area contributed by atoms with Crippen molar-refractivity contribution in [3.63, 3.8) is 0 Å². The van der Waals surface area contributed by atoms with E-state index in [0.29, 0.717) is 41.8 Å². The Morgan fingerprint density at radius 2 is 1.90 bits per heavy atom. The molecule has 154 valence electrons. The lowest BCUT2D eigenvalue weighted by Crippen LogP contribution is -2.34. The fraction of sp³-hybridized carbons (Fsp3) is 0.316. The van der Waals surface area contributed by atoms with E-state index in [9.17, 15) is 16.8 Å². The molecule has 0 fully saturated rings. The number of rotatable bonds is 5. The highest BCUT2D eigenvalue weighted by Gasteiger charge is 2.26. The number of nitrogens with zero attached hydrogens (tertiary/aromatic N) is 3. The molecule has 1 N–H and O–H groups in total. The van der Waals surface area contributed by atoms with Gasteiger partial charge in [0.05, 0.1) is 39.9 Å². The van der Waals surface area contributed by atoms with Gasteiger partial charge in [-0.2, -0.15) is 0 Å². The molecular formula is C19H22N4O4S2. The molecule has 0 aliphatic carbocycles. The summed E-state index contributed by atoms with van der Waals surface area (Å²) in [7, 11) is -7.22. The van der Waals surface area contributed by atoms with Gasteiger partial charge in [0.15, 0.2) is 0 Å². The Hall–Kier alpha value is -2.59. The van der Waals surface area contributed by atoms with Crippen LogP contribution >= 0.6 is 0 Å². The first-order chi connectivity index (χ1) is 13.7. The monoisotopic (exact) mass is 434 g/mol. The molecule has 1 aliphatic heterocycles. The van der Waals surface area contributed by atoms with E-state index >= 15 is 0 Å². The zero-order valence-corrected chi connectivity index (χ0v) is 17.8. The molecule has 0 atom stereocenters. The van der Waals surface area contributed by atoms with E-state index in [1.165, 1.54) is 10.4 Å². The Bertz CT molecular complexity index is 1300. The lowest BCUT2D eigenvalue weighted by atomic mass is 10.0. The fourth-order valence-corrected chi connectivity index (χ4v) is 5.74. The number of sulfonamides is 2. The summed E-state index contributed by atoms with van der Waals surface area (Å²) in [5, 5.41) is 0. The molecule has 2 heterocycles. The zero-order valence-electron chi connectivity index (χ0n) is 16.2. The lowest BCUT2D eigenvalue weighted by Gasteiger charge is -2.29. The summed E-state index contributed by atoms with van der Waals surface area (Å²) in [6.07, 6.45) is 4.16. The van der Waals surface area contributed by atoms with Gasteiger partial charge in [-0.15, -0.1) is 0 Å². The highest BCUT2D eigenvalue weighted by Crippen LogP contribution is 2.31. The number of aromatic nitrogens is 2. The smallest absolute Gasteiger partial charge is 0.261 e. The Morgan fingerprint density at radius 1 is 1.10 bits per heavy atom. The molecule has 0 spiro atoms. The molecule has 1 aliphatic rings. The number of hydrogen-bond donors (Lipinski definition) is 1. The highest BCUT2D eigenvalue weighted by molar-refractivity contribution is 7.92. The van der Waals surface area contributed by atoms with Crippen LogP contribution in [0.3, 0.4) is 0 Å². The van der Waals surface area contributed by atoms with Crippen molar-refractivity contribution in [3.05, 3.63) is 48.3 Å². The number of fused-ring (bicyclic) bond motifs is 2. The van der Waals surface area contributed by atoms with Crippen LogP contribution in [0.2, 0.25) is 0 Å². The van der Waals surface area contributed by atoms with Gasteiger partial charge in [-0.3, -0.25) is 9.03 Å². The first-order valence-corrected chi connectivity index (χ1v) is 12.6. The summed E-state index contributed by atoms with van der Waals surface area (Å²) >= 11 is 0. The molecule has 0 amide bonds. The van der Waals surface area contributed by atoms with E-state index in [1.54, 1.807) is 30.6 Å². The van der Waals surface area contributed by atoms with Crippen molar-refractivity contribution in [2.24, 2.45) is 0 Å². The van der Waals surface area contributed by atoms with Crippen molar-refractivity contribution >= 4 is 42.5 Å². The van der Waals surface area contributed by atoms with Gasteiger partial charge in [0.1, 0.15) is 0 Å². The van der Waals surface area contributed by atoms with Crippen molar-refractivity contribution in [2.75, 3.05) is 21.8 Å². The van der Waals surface area contributed by atoms with Crippen LogP contribution in [0.5, 0.6) is 0 Å². The summed E-state index contributed by atoms with van der Waals surface area (Å²) in [5.41, 5.74) is 3.33. The van der Waals surface area contributed by atoms with Crippen molar-refractivity contribution in [1.82, 2.24) is 9.55 Å². The SMILES string of the molecule is CCn1cnc2cc(NS(=O)(=O)c3ccc4c(c3)CCCN4S(C)(=O)=O)ccc21. The molecule has 0 unspecified atom stereocenters. The first-order valence-electron chi connectivity index (χ1n) is 9.27. The largest absolute Gasteiger partial charge is 0.331 e. The second-order valence-corrected chi connectivity index (χ2v) is 10.7. The Labute approximate surface area is 170 Å². The predicted octanol–water partition coefficient (Wildman–Crippen LogP) is 2.57. The van der Waals surface area contributed by atoms with Gasteiger partial charge in [-0.1, -0.05) is 0 Å². The molecule has 2 aromatic carbocycles. The van der Waals surface area contributed by atoms with E-state index in [4.69, 9.17) is 0 Å². The quantitative estimate of drug-likeness (QED) is 0.665. The van der Waals surface area contributed by atoms with Crippen molar-refractivity contribution in [2.45, 2.75) is 31.2 Å². The third-order valence-corrected chi connectivity index (χ3v) is 7.61. The van der Waals surface area contributed by atoms with Crippen LogP contribution in [0, 0.1) is 0 Å². The average Bonchev–Trinajstić information content (AvgIpc) is 3.08. The number of imidazole rings is 1. The maximum Gasteiger partial charge on any atom is 0.261 e. The normalized spacial score (nSPS) is 14.8. The maximum absolute atomic E-state index is 12.9. The number of benzene rings is 2. The minimum atomic E-state index is -3.82. The lowest BCUT2D eigenvalue weighted by molar-refractivity contribution is 0.592. The summed E-state index contributed by atoms with van der Waals surface area (Å²) in [4.78, 5) is 4.41. The van der Waals surface area contributed by atoms with Gasteiger partial charge in [0, 0.05) is 13.1 Å². The predicted molar refractivity (Wildman–Crippen MR) is 113 cm³/mol. The Morgan fingerprint density at radius 3 is 2.62 bits per heavy atom. The van der Waals surface area contributed by atoms with Gasteiger partial charge in [0.25, 0.3) is 10.0 Å². The van der Waals surface area contributed by atoms with E-state index in [2.05, 4.69) is 9.71 Å². The van der Waals surface area contributed by atoms with Crippen LogP contribution in [-0.2, 0) is 33.0 Å². The van der Waals surface area contributed by atoms with Crippen molar-refractivity contribution in [1.29, 1.82) is 0 Å². The summed E-state index contributed by atoms with van der Waals surface area (Å²) < 4.78 is 55.7. The third kappa shape index (κ3) is 3.69. The zero-order chi connectivity index (χ0) is 20.8. The highest BCUT2D eigenvalue weighted by atomic mass is 32.2.